The number of hydrogen-bond acceptors (Lipinski definition) is 5. The van der Waals surface area contributed by atoms with Crippen LogP contribution in [0.1, 0.15) is 33.8 Å². The Hall–Kier alpha value is -1.99. The van der Waals surface area contributed by atoms with Crippen molar-refractivity contribution in [2.75, 3.05) is 19.7 Å². The summed E-state index contributed by atoms with van der Waals surface area (Å²) in [6.07, 6.45) is -0.478. The molecule has 1 saturated heterocycles. The quantitative estimate of drug-likeness (QED) is 0.841. The largest absolute Gasteiger partial charge is 0.423 e. The van der Waals surface area contributed by atoms with E-state index in [-0.39, 0.29) is 23.0 Å². The molecule has 1 aliphatic rings. The van der Waals surface area contributed by atoms with Gasteiger partial charge in [-0.15, -0.1) is 10.2 Å². The number of benzene rings is 1. The summed E-state index contributed by atoms with van der Waals surface area (Å²) < 4.78 is 24.4. The van der Waals surface area contributed by atoms with Gasteiger partial charge in [0, 0.05) is 13.5 Å². The highest BCUT2D eigenvalue weighted by Gasteiger charge is 2.30. The molecule has 1 atom stereocenters. The molecule has 8 heteroatoms. The summed E-state index contributed by atoms with van der Waals surface area (Å²) in [4.78, 5) is 14.3. The molecule has 0 radical (unpaired) electrons. The van der Waals surface area contributed by atoms with E-state index in [2.05, 4.69) is 10.2 Å². The van der Waals surface area contributed by atoms with Crippen molar-refractivity contribution in [3.63, 3.8) is 0 Å². The lowest BCUT2D eigenvalue weighted by atomic mass is 10.1. The van der Waals surface area contributed by atoms with E-state index < -0.39 is 11.9 Å². The highest BCUT2D eigenvalue weighted by molar-refractivity contribution is 6.33. The number of morpholine rings is 1. The molecule has 1 amide bonds. The molecule has 2 aromatic rings. The van der Waals surface area contributed by atoms with Crippen LogP contribution in [0.5, 0.6) is 0 Å². The van der Waals surface area contributed by atoms with Gasteiger partial charge in [0.1, 0.15) is 5.82 Å². The van der Waals surface area contributed by atoms with Crippen LogP contribution in [0.4, 0.5) is 4.39 Å². The van der Waals surface area contributed by atoms with Gasteiger partial charge in [0.2, 0.25) is 11.8 Å². The van der Waals surface area contributed by atoms with Crippen molar-refractivity contribution in [2.24, 2.45) is 0 Å². The zero-order valence-electron chi connectivity index (χ0n) is 12.7. The first-order valence-corrected chi connectivity index (χ1v) is 7.50. The third-order valence-corrected chi connectivity index (χ3v) is 3.96. The van der Waals surface area contributed by atoms with Gasteiger partial charge in [-0.2, -0.15) is 0 Å². The summed E-state index contributed by atoms with van der Waals surface area (Å²) in [5.74, 6) is 0.0565. The Labute approximate surface area is 137 Å². The molecule has 1 aromatic carbocycles. The zero-order valence-corrected chi connectivity index (χ0v) is 13.4. The number of halogens is 2. The number of hydrogen-bond donors (Lipinski definition) is 0. The van der Waals surface area contributed by atoms with Gasteiger partial charge in [0.05, 0.1) is 23.7 Å². The smallest absolute Gasteiger partial charge is 0.255 e. The minimum atomic E-state index is -0.478. The summed E-state index contributed by atoms with van der Waals surface area (Å²) in [7, 11) is 0. The van der Waals surface area contributed by atoms with Gasteiger partial charge in [-0.05, 0) is 24.6 Å². The van der Waals surface area contributed by atoms with Crippen LogP contribution in [0.2, 0.25) is 5.02 Å². The highest BCUT2D eigenvalue weighted by Crippen LogP contribution is 2.26. The number of aryl methyl sites for hydroxylation is 2. The lowest BCUT2D eigenvalue weighted by Crippen LogP contribution is -2.42. The molecule has 1 aromatic heterocycles. The van der Waals surface area contributed by atoms with Crippen molar-refractivity contribution in [3.05, 3.63) is 45.9 Å². The van der Waals surface area contributed by atoms with Crippen LogP contribution in [-0.4, -0.2) is 40.7 Å². The van der Waals surface area contributed by atoms with E-state index in [4.69, 9.17) is 20.8 Å². The summed E-state index contributed by atoms with van der Waals surface area (Å²) in [6, 6.07) is 2.62. The molecule has 0 unspecified atom stereocenters. The molecule has 6 nitrogen and oxygen atoms in total. The molecule has 0 bridgehead atoms. The Kier molecular flexibility index (Phi) is 4.32. The van der Waals surface area contributed by atoms with Crippen molar-refractivity contribution in [1.82, 2.24) is 15.1 Å². The molecule has 0 aliphatic carbocycles. The molecular formula is C15H15ClFN3O3. The third kappa shape index (κ3) is 3.20. The van der Waals surface area contributed by atoms with Gasteiger partial charge < -0.3 is 14.1 Å². The normalized spacial score (nSPS) is 18.3. The maximum absolute atomic E-state index is 13.5. The maximum Gasteiger partial charge on any atom is 0.255 e. The van der Waals surface area contributed by atoms with Crippen molar-refractivity contribution in [1.29, 1.82) is 0 Å². The van der Waals surface area contributed by atoms with Gasteiger partial charge in [0.15, 0.2) is 6.10 Å². The summed E-state index contributed by atoms with van der Waals surface area (Å²) in [5.41, 5.74) is 0.642. The first-order chi connectivity index (χ1) is 11.0. The molecule has 122 valence electrons. The second kappa shape index (κ2) is 6.25. The fourth-order valence-electron chi connectivity index (χ4n) is 2.42. The van der Waals surface area contributed by atoms with Crippen LogP contribution >= 0.6 is 11.6 Å². The van der Waals surface area contributed by atoms with Gasteiger partial charge in [-0.25, -0.2) is 4.39 Å². The number of amides is 1. The number of carbonyl (C=O) groups excluding carboxylic acids is 1. The second-order valence-electron chi connectivity index (χ2n) is 5.35. The second-order valence-corrected chi connectivity index (χ2v) is 5.76. The molecule has 0 N–H and O–H groups in total. The topological polar surface area (TPSA) is 68.5 Å². The van der Waals surface area contributed by atoms with Crippen LogP contribution in [0, 0.1) is 19.7 Å². The van der Waals surface area contributed by atoms with E-state index in [1.165, 1.54) is 6.07 Å². The Balaban J connectivity index is 1.81. The van der Waals surface area contributed by atoms with Crippen molar-refractivity contribution in [2.45, 2.75) is 20.0 Å². The average molecular weight is 340 g/mol. The van der Waals surface area contributed by atoms with Gasteiger partial charge in [0.25, 0.3) is 5.91 Å². The van der Waals surface area contributed by atoms with Crippen LogP contribution in [-0.2, 0) is 4.74 Å². The lowest BCUT2D eigenvalue weighted by molar-refractivity contribution is -0.0349. The SMILES string of the molecule is Cc1nnc([C@H]2CN(C(=O)c3cc(C)c(F)cc3Cl)CCO2)o1. The number of ether oxygens (including phenoxy) is 1. The summed E-state index contributed by atoms with van der Waals surface area (Å²) >= 11 is 6.01. The van der Waals surface area contributed by atoms with Crippen molar-refractivity contribution < 1.29 is 18.3 Å². The van der Waals surface area contributed by atoms with E-state index in [0.29, 0.717) is 30.5 Å². The molecule has 1 fully saturated rings. The van der Waals surface area contributed by atoms with Gasteiger partial charge in [-0.3, -0.25) is 4.79 Å². The predicted molar refractivity (Wildman–Crippen MR) is 79.8 cm³/mol. The molecule has 1 aliphatic heterocycles. The van der Waals surface area contributed by atoms with Crippen molar-refractivity contribution >= 4 is 17.5 Å². The number of nitrogens with zero attached hydrogens (tertiary/aromatic N) is 3. The van der Waals surface area contributed by atoms with Crippen LogP contribution in [0.25, 0.3) is 0 Å². The van der Waals surface area contributed by atoms with Crippen LogP contribution in [0.3, 0.4) is 0 Å². The summed E-state index contributed by atoms with van der Waals surface area (Å²) in [6.45, 7) is 4.30. The van der Waals surface area contributed by atoms with Gasteiger partial charge >= 0.3 is 0 Å². The van der Waals surface area contributed by atoms with E-state index >= 15 is 0 Å². The Bertz CT molecular complexity index is 750. The Morgan fingerprint density at radius 1 is 1.39 bits per heavy atom. The zero-order chi connectivity index (χ0) is 16.6. The van der Waals surface area contributed by atoms with E-state index in [1.54, 1.807) is 18.7 Å². The van der Waals surface area contributed by atoms with E-state index in [9.17, 15) is 9.18 Å². The van der Waals surface area contributed by atoms with Crippen LogP contribution in [0.15, 0.2) is 16.5 Å². The summed E-state index contributed by atoms with van der Waals surface area (Å²) in [5, 5.41) is 7.78. The predicted octanol–water partition coefficient (Wildman–Crippen LogP) is 2.69. The molecule has 2 heterocycles. The first kappa shape index (κ1) is 15.9. The number of rotatable bonds is 2. The minimum absolute atomic E-state index is 0.0924. The molecule has 0 spiro atoms. The maximum atomic E-state index is 13.5. The van der Waals surface area contributed by atoms with Crippen LogP contribution < -0.4 is 0 Å². The number of aromatic nitrogens is 2. The minimum Gasteiger partial charge on any atom is -0.423 e. The van der Waals surface area contributed by atoms with Gasteiger partial charge in [-0.1, -0.05) is 11.6 Å². The fraction of sp³-hybridized carbons (Fsp3) is 0.400. The lowest BCUT2D eigenvalue weighted by Gasteiger charge is -2.31. The molecule has 23 heavy (non-hydrogen) atoms. The van der Waals surface area contributed by atoms with E-state index in [1.807, 2.05) is 0 Å². The third-order valence-electron chi connectivity index (χ3n) is 3.65. The van der Waals surface area contributed by atoms with E-state index in [0.717, 1.165) is 6.07 Å². The molecule has 3 rings (SSSR count). The Morgan fingerprint density at radius 2 is 2.17 bits per heavy atom. The monoisotopic (exact) mass is 339 g/mol. The Morgan fingerprint density at radius 3 is 2.87 bits per heavy atom. The highest BCUT2D eigenvalue weighted by atomic mass is 35.5. The fourth-order valence-corrected chi connectivity index (χ4v) is 2.65. The first-order valence-electron chi connectivity index (χ1n) is 7.12. The van der Waals surface area contributed by atoms with Crippen molar-refractivity contribution in [3.8, 4) is 0 Å². The molecular weight excluding hydrogens is 325 g/mol. The standard InChI is InChI=1S/C15H15ClFN3O3/c1-8-5-10(11(16)6-12(8)17)15(21)20-3-4-22-13(7-20)14-19-18-9(2)23-14/h5-6,13H,3-4,7H2,1-2H3/t13-/m1/s1. The average Bonchev–Trinajstić information content (AvgIpc) is 2.97. The molecule has 0 saturated carbocycles. The number of carbonyl (C=O) groups is 1.